The molecule has 0 aliphatic heterocycles. The first kappa shape index (κ1) is 48.4. The molecule has 0 fully saturated rings. The number of ketones is 2. The summed E-state index contributed by atoms with van der Waals surface area (Å²) < 4.78 is 28.6. The number of carbonyl (C=O) groups is 2. The molecule has 0 aromatic heterocycles. The minimum absolute atomic E-state index is 0.0285. The van der Waals surface area contributed by atoms with Crippen molar-refractivity contribution in [2.75, 3.05) is 13.2 Å². The van der Waals surface area contributed by atoms with Crippen LogP contribution < -0.4 is 0 Å². The van der Waals surface area contributed by atoms with Crippen LogP contribution in [0.4, 0.5) is 0 Å². The number of benzene rings is 4. The molecule has 6 nitrogen and oxygen atoms in total. The van der Waals surface area contributed by atoms with E-state index in [4.69, 9.17) is 17.7 Å². The maximum atomic E-state index is 15.0. The van der Waals surface area contributed by atoms with Gasteiger partial charge in [-0.3, -0.25) is 0 Å². The van der Waals surface area contributed by atoms with Gasteiger partial charge in [-0.15, -0.1) is 0 Å². The van der Waals surface area contributed by atoms with Gasteiger partial charge in [-0.25, -0.2) is 0 Å². The molecule has 0 N–H and O–H groups in total. The molecule has 0 saturated carbocycles. The average molecular weight is 856 g/mol. The molecule has 9 heteroatoms. The Labute approximate surface area is 360 Å². The molecular formula is C50H75O6Si3-3. The summed E-state index contributed by atoms with van der Waals surface area (Å²) in [6, 6.07) is 39.8. The van der Waals surface area contributed by atoms with Crippen molar-refractivity contribution < 1.29 is 27.3 Å². The van der Waals surface area contributed by atoms with E-state index in [1.165, 1.54) is 0 Å². The average Bonchev–Trinajstić information content (AvgIpc) is 3.18. The summed E-state index contributed by atoms with van der Waals surface area (Å²) in [4.78, 5) is 29.8. The van der Waals surface area contributed by atoms with Crippen molar-refractivity contribution in [3.63, 3.8) is 0 Å². The first-order chi connectivity index (χ1) is 27.5. The van der Waals surface area contributed by atoms with Gasteiger partial charge in [-0.1, -0.05) is 0 Å². The molecule has 0 aliphatic carbocycles. The Balaban J connectivity index is 1.70. The summed E-state index contributed by atoms with van der Waals surface area (Å²) >= 11 is 0. The van der Waals surface area contributed by atoms with Crippen molar-refractivity contribution in [1.82, 2.24) is 0 Å². The molecule has 59 heavy (non-hydrogen) atoms. The second kappa shape index (κ2) is 18.8. The normalized spacial score (nSPS) is 16.9. The Kier molecular flexibility index (Phi) is 15.4. The molecule has 4 aromatic carbocycles. The zero-order valence-electron chi connectivity index (χ0n) is 38.8. The molecule has 326 valence electrons. The zero-order valence-corrected chi connectivity index (χ0v) is 42.2. The molecule has 0 spiro atoms. The monoisotopic (exact) mass is 855 g/mol. The molecule has 3 atom stereocenters. The summed E-state index contributed by atoms with van der Waals surface area (Å²) in [5.74, 6) is -0.0686. The molecule has 3 unspecified atom stereocenters. The molecule has 4 rings (SSSR count). The zero-order chi connectivity index (χ0) is 44.0. The van der Waals surface area contributed by atoms with E-state index in [1.807, 2.05) is 135 Å². The van der Waals surface area contributed by atoms with Gasteiger partial charge < -0.3 is 0 Å². The van der Waals surface area contributed by atoms with Gasteiger partial charge in [0.05, 0.1) is 0 Å². The van der Waals surface area contributed by atoms with Crippen LogP contribution in [0.15, 0.2) is 121 Å². The molecule has 0 amide bonds. The third-order valence-electron chi connectivity index (χ3n) is 13.4. The topological polar surface area (TPSA) is 71.1 Å². The van der Waals surface area contributed by atoms with Gasteiger partial charge in [0, 0.05) is 0 Å². The number of rotatable bonds is 22. The minimum atomic E-state index is -3.17. The third-order valence-corrected chi connectivity index (χ3v) is 30.3. The van der Waals surface area contributed by atoms with Crippen LogP contribution >= 0.6 is 0 Å². The van der Waals surface area contributed by atoms with Gasteiger partial charge >= 0.3 is 361 Å². The molecule has 0 aliphatic rings. The first-order valence-electron chi connectivity index (χ1n) is 22.2. The van der Waals surface area contributed by atoms with E-state index < -0.39 is 47.2 Å². The van der Waals surface area contributed by atoms with Gasteiger partial charge in [0.1, 0.15) is 0 Å². The summed E-state index contributed by atoms with van der Waals surface area (Å²) in [5, 5.41) is -0.237. The van der Waals surface area contributed by atoms with E-state index in [-0.39, 0.29) is 16.6 Å². The number of ether oxygens (including phenoxy) is 2. The van der Waals surface area contributed by atoms with E-state index in [0.29, 0.717) is 36.8 Å². The summed E-state index contributed by atoms with van der Waals surface area (Å²) in [7, 11) is -9.12. The molecular weight excluding hydrogens is 781 g/mol. The van der Waals surface area contributed by atoms with Crippen molar-refractivity contribution in [1.29, 1.82) is 0 Å². The Morgan fingerprint density at radius 3 is 1.22 bits per heavy atom. The Morgan fingerprint density at radius 2 is 0.864 bits per heavy atom. The maximum absolute atomic E-state index is 15.0. The first-order valence-corrected chi connectivity index (χ1v) is 32.4. The second-order valence-corrected chi connectivity index (χ2v) is 34.9. The molecule has 0 heterocycles. The fraction of sp³-hybridized carbons (Fsp3) is 0.480. The Hall–Kier alpha value is -3.29. The predicted molar refractivity (Wildman–Crippen MR) is 255 cm³/mol. The van der Waals surface area contributed by atoms with Gasteiger partial charge in [0.2, 0.25) is 0 Å². The van der Waals surface area contributed by atoms with E-state index in [2.05, 4.69) is 80.8 Å². The van der Waals surface area contributed by atoms with E-state index in [9.17, 15) is 9.59 Å². The van der Waals surface area contributed by atoms with Crippen molar-refractivity contribution >= 4 is 36.8 Å². The fourth-order valence-corrected chi connectivity index (χ4v) is 31.9. The summed E-state index contributed by atoms with van der Waals surface area (Å²) in [6.45, 7) is 31.8. The van der Waals surface area contributed by atoms with Crippen LogP contribution in [0.5, 0.6) is 0 Å². The van der Waals surface area contributed by atoms with Crippen molar-refractivity contribution in [3.05, 3.63) is 144 Å². The molecule has 0 radical (unpaired) electrons. The SMILES string of the molecule is CCOC(C(=O)c1ccccc1)(c1ccccc1)C(C)(C)CC(C)(CC)[SiH-](C)(C)O[SiH-](C)(C)O[SiH-](C)(C)CC(C)(C)C(OCC)(C(=O)c1ccccc1)c1ccccc1. The number of Topliss-reactive ketones (excluding diaryl/α,β-unsaturated/α-hetero) is 2. The van der Waals surface area contributed by atoms with Crippen LogP contribution in [-0.4, -0.2) is 50.0 Å². The van der Waals surface area contributed by atoms with E-state index in [0.717, 1.165) is 17.5 Å². The van der Waals surface area contributed by atoms with Crippen LogP contribution in [0, 0.1) is 10.8 Å². The number of carbonyl (C=O) groups excluding carboxylic acids is 2. The van der Waals surface area contributed by atoms with Crippen LogP contribution in [0.1, 0.15) is 100 Å². The van der Waals surface area contributed by atoms with Crippen LogP contribution in [0.3, 0.4) is 0 Å². The van der Waals surface area contributed by atoms with Crippen molar-refractivity contribution in [3.8, 4) is 0 Å². The van der Waals surface area contributed by atoms with Crippen molar-refractivity contribution in [2.24, 2.45) is 10.8 Å². The molecule has 0 bridgehead atoms. The standard InChI is InChI=1S/C50H75O6Si3/c1-15-48(8,38-46(4,5)49(53-16-2,42-34-26-20-27-35-42)44(51)40-30-22-18-23-31-40)58(11,12)56-59(13,14)55-57(9,10)39-47(6,7)50(54-17-3,43-36-28-21-29-37-43)45(52)41-32-24-19-25-33-41/h18-37,57-59H,15-17,38-39H2,1-14H3/q-3. The van der Waals surface area contributed by atoms with Crippen LogP contribution in [0.2, 0.25) is 50.4 Å². The number of hydrogen-bond donors (Lipinski definition) is 0. The number of hydrogen-bond acceptors (Lipinski definition) is 6. The second-order valence-electron chi connectivity index (χ2n) is 20.2. The van der Waals surface area contributed by atoms with Crippen molar-refractivity contribution in [2.45, 2.75) is 130 Å². The molecule has 0 saturated heterocycles. The quantitative estimate of drug-likeness (QED) is 0.0579. The van der Waals surface area contributed by atoms with Crippen LogP contribution in [-0.2, 0) is 28.9 Å². The van der Waals surface area contributed by atoms with E-state index >= 15 is 0 Å². The fourth-order valence-electron chi connectivity index (χ4n) is 11.0. The Morgan fingerprint density at radius 1 is 0.508 bits per heavy atom. The van der Waals surface area contributed by atoms with Gasteiger partial charge in [0.25, 0.3) is 0 Å². The summed E-state index contributed by atoms with van der Waals surface area (Å²) in [6.07, 6.45) is 1.59. The van der Waals surface area contributed by atoms with Gasteiger partial charge in [-0.2, -0.15) is 0 Å². The van der Waals surface area contributed by atoms with Gasteiger partial charge in [-0.05, 0) is 0 Å². The molecule has 4 aromatic rings. The Bertz CT molecular complexity index is 1970. The summed E-state index contributed by atoms with van der Waals surface area (Å²) in [5.41, 5.74) is -0.750. The van der Waals surface area contributed by atoms with Gasteiger partial charge in [0.15, 0.2) is 0 Å². The predicted octanol–water partition coefficient (Wildman–Crippen LogP) is 12.6. The van der Waals surface area contributed by atoms with E-state index in [1.54, 1.807) is 0 Å². The third kappa shape index (κ3) is 10.1. The van der Waals surface area contributed by atoms with Crippen LogP contribution in [0.25, 0.3) is 0 Å².